The van der Waals surface area contributed by atoms with Gasteiger partial charge in [0.2, 0.25) is 0 Å². The summed E-state index contributed by atoms with van der Waals surface area (Å²) >= 11 is 4.78. The van der Waals surface area contributed by atoms with Crippen LogP contribution in [0.3, 0.4) is 0 Å². The van der Waals surface area contributed by atoms with Crippen LogP contribution in [0.1, 0.15) is 44.5 Å². The minimum atomic E-state index is -0.398. The quantitative estimate of drug-likeness (QED) is 0.777. The number of methoxy groups -OCH3 is 1. The molecule has 24 heavy (non-hydrogen) atoms. The van der Waals surface area contributed by atoms with Crippen molar-refractivity contribution in [2.75, 3.05) is 12.4 Å². The lowest BCUT2D eigenvalue weighted by atomic mass is 9.88. The van der Waals surface area contributed by atoms with Gasteiger partial charge >= 0.3 is 5.97 Å². The highest BCUT2D eigenvalue weighted by Crippen LogP contribution is 2.40. The molecule has 0 radical (unpaired) electrons. The fourth-order valence-corrected chi connectivity index (χ4v) is 4.63. The second kappa shape index (κ2) is 7.03. The number of fused-ring (bicyclic) bond motifs is 1. The Hall–Kier alpha value is -1.73. The van der Waals surface area contributed by atoms with Gasteiger partial charge in [0, 0.05) is 21.7 Å². The Balaban J connectivity index is 1.95. The number of hydrogen-bond acceptors (Lipinski definition) is 5. The van der Waals surface area contributed by atoms with Crippen LogP contribution in [0.5, 0.6) is 0 Å². The first-order valence-corrected chi connectivity index (χ1v) is 9.25. The molecule has 126 valence electrons. The highest BCUT2D eigenvalue weighted by atomic mass is 79.9. The van der Waals surface area contributed by atoms with E-state index in [-0.39, 0.29) is 5.91 Å². The first-order chi connectivity index (χ1) is 11.5. The number of hydrogen-bond donors (Lipinski definition) is 1. The van der Waals surface area contributed by atoms with Gasteiger partial charge in [-0.15, -0.1) is 11.3 Å². The lowest BCUT2D eigenvalue weighted by molar-refractivity contribution is 0.0601. The molecule has 0 saturated carbocycles. The van der Waals surface area contributed by atoms with Crippen molar-refractivity contribution < 1.29 is 14.3 Å². The maximum absolute atomic E-state index is 12.5. The van der Waals surface area contributed by atoms with Crippen LogP contribution in [0.15, 0.2) is 22.9 Å². The fourth-order valence-electron chi connectivity index (χ4n) is 2.87. The molecule has 7 heteroatoms. The first kappa shape index (κ1) is 17.1. The van der Waals surface area contributed by atoms with Crippen LogP contribution in [0.25, 0.3) is 0 Å². The lowest BCUT2D eigenvalue weighted by Gasteiger charge is -2.18. The summed E-state index contributed by atoms with van der Waals surface area (Å²) in [6.45, 7) is 2.20. The van der Waals surface area contributed by atoms with Crippen LogP contribution in [0.4, 0.5) is 5.00 Å². The second-order valence-electron chi connectivity index (χ2n) is 5.89. The smallest absolute Gasteiger partial charge is 0.341 e. The summed E-state index contributed by atoms with van der Waals surface area (Å²) in [7, 11) is 1.36. The maximum Gasteiger partial charge on any atom is 0.341 e. The van der Waals surface area contributed by atoms with Gasteiger partial charge in [-0.25, -0.2) is 4.79 Å². The summed E-state index contributed by atoms with van der Waals surface area (Å²) in [5.74, 6) is -0.107. The number of ether oxygens (including phenoxy) is 1. The van der Waals surface area contributed by atoms with Gasteiger partial charge in [0.05, 0.1) is 18.2 Å². The molecule has 0 aromatic carbocycles. The molecule has 1 N–H and O–H groups in total. The molecule has 5 nitrogen and oxygen atoms in total. The third-order valence-corrected chi connectivity index (χ3v) is 5.70. The van der Waals surface area contributed by atoms with Crippen LogP contribution >= 0.6 is 27.3 Å². The molecular formula is C17H17BrN2O3S. The minimum Gasteiger partial charge on any atom is -0.465 e. The molecule has 0 aliphatic heterocycles. The van der Waals surface area contributed by atoms with Crippen molar-refractivity contribution >= 4 is 44.1 Å². The third kappa shape index (κ3) is 3.37. The normalized spacial score (nSPS) is 16.4. The molecule has 0 saturated heterocycles. The summed E-state index contributed by atoms with van der Waals surface area (Å²) in [6, 6.07) is 1.69. The zero-order chi connectivity index (χ0) is 17.3. The average Bonchev–Trinajstić information content (AvgIpc) is 2.90. The van der Waals surface area contributed by atoms with E-state index >= 15 is 0 Å². The Kier molecular flexibility index (Phi) is 5.01. The van der Waals surface area contributed by atoms with E-state index in [2.05, 4.69) is 33.2 Å². The van der Waals surface area contributed by atoms with Crippen molar-refractivity contribution in [1.29, 1.82) is 0 Å². The van der Waals surface area contributed by atoms with Crippen molar-refractivity contribution in [3.63, 3.8) is 0 Å². The Morgan fingerprint density at radius 2 is 2.21 bits per heavy atom. The Bertz CT molecular complexity index is 803. The Morgan fingerprint density at radius 1 is 1.42 bits per heavy atom. The van der Waals surface area contributed by atoms with Crippen molar-refractivity contribution in [1.82, 2.24) is 4.98 Å². The minimum absolute atomic E-state index is 0.291. The zero-order valence-corrected chi connectivity index (χ0v) is 15.8. The van der Waals surface area contributed by atoms with E-state index in [9.17, 15) is 9.59 Å². The second-order valence-corrected chi connectivity index (χ2v) is 7.91. The highest BCUT2D eigenvalue weighted by Gasteiger charge is 2.29. The van der Waals surface area contributed by atoms with E-state index in [0.29, 0.717) is 22.0 Å². The number of aromatic nitrogens is 1. The van der Waals surface area contributed by atoms with E-state index in [1.165, 1.54) is 24.6 Å². The molecule has 3 rings (SSSR count). The van der Waals surface area contributed by atoms with E-state index in [4.69, 9.17) is 4.74 Å². The molecular weight excluding hydrogens is 392 g/mol. The van der Waals surface area contributed by atoms with Crippen molar-refractivity contribution in [3.05, 3.63) is 44.5 Å². The van der Waals surface area contributed by atoms with Gasteiger partial charge in [0.25, 0.3) is 5.91 Å². The number of amides is 1. The predicted octanol–water partition coefficient (Wildman–Crippen LogP) is 4.07. The number of nitrogens with one attached hydrogen (secondary N) is 1. The summed E-state index contributed by atoms with van der Waals surface area (Å²) < 4.78 is 5.66. The van der Waals surface area contributed by atoms with E-state index < -0.39 is 5.97 Å². The fraction of sp³-hybridized carbons (Fsp3) is 0.353. The molecule has 1 amide bonds. The van der Waals surface area contributed by atoms with Gasteiger partial charge in [-0.1, -0.05) is 6.92 Å². The summed E-state index contributed by atoms with van der Waals surface area (Å²) in [6.07, 6.45) is 5.91. The molecule has 1 unspecified atom stereocenters. The molecule has 1 aliphatic carbocycles. The number of thiophene rings is 1. The SMILES string of the molecule is COC(=O)c1c(NC(=O)c2cncc(Br)c2)sc2c1CCC(C)C2. The third-order valence-electron chi connectivity index (χ3n) is 4.10. The number of pyridine rings is 1. The topological polar surface area (TPSA) is 68.3 Å². The van der Waals surface area contributed by atoms with Crippen molar-refractivity contribution in [2.45, 2.75) is 26.2 Å². The van der Waals surface area contributed by atoms with Gasteiger partial charge in [-0.2, -0.15) is 0 Å². The number of nitrogens with zero attached hydrogens (tertiary/aromatic N) is 1. The summed E-state index contributed by atoms with van der Waals surface area (Å²) in [5.41, 5.74) is 1.95. The van der Waals surface area contributed by atoms with Crippen LogP contribution in [-0.2, 0) is 17.6 Å². The molecule has 0 fully saturated rings. The molecule has 2 heterocycles. The molecule has 1 aliphatic rings. The number of halogens is 1. The number of carbonyl (C=O) groups is 2. The van der Waals surface area contributed by atoms with E-state index in [1.807, 2.05) is 0 Å². The monoisotopic (exact) mass is 408 g/mol. The largest absolute Gasteiger partial charge is 0.465 e. The van der Waals surface area contributed by atoms with Crippen molar-refractivity contribution in [2.24, 2.45) is 5.92 Å². The maximum atomic E-state index is 12.5. The van der Waals surface area contributed by atoms with E-state index in [0.717, 1.165) is 34.2 Å². The molecule has 0 spiro atoms. The van der Waals surface area contributed by atoms with Crippen LogP contribution < -0.4 is 5.32 Å². The van der Waals surface area contributed by atoms with Crippen molar-refractivity contribution in [3.8, 4) is 0 Å². The standard InChI is InChI=1S/C17H17BrN2O3S/c1-9-3-4-12-13(5-9)24-16(14(12)17(22)23-2)20-15(21)10-6-11(18)8-19-7-10/h6-9H,3-5H2,1-2H3,(H,20,21). The van der Waals surface area contributed by atoms with Crippen LogP contribution in [-0.4, -0.2) is 24.0 Å². The van der Waals surface area contributed by atoms with Gasteiger partial charge < -0.3 is 10.1 Å². The highest BCUT2D eigenvalue weighted by molar-refractivity contribution is 9.10. The first-order valence-electron chi connectivity index (χ1n) is 7.64. The number of carbonyl (C=O) groups excluding carboxylic acids is 2. The van der Waals surface area contributed by atoms with Gasteiger partial charge in [-0.05, 0) is 52.7 Å². The Labute approximate surface area is 152 Å². The zero-order valence-electron chi connectivity index (χ0n) is 13.4. The summed E-state index contributed by atoms with van der Waals surface area (Å²) in [4.78, 5) is 29.9. The predicted molar refractivity (Wildman–Crippen MR) is 96.7 cm³/mol. The number of rotatable bonds is 3. The molecule has 0 bridgehead atoms. The molecule has 1 atom stereocenters. The van der Waals surface area contributed by atoms with Crippen LogP contribution in [0.2, 0.25) is 0 Å². The number of anilines is 1. The van der Waals surface area contributed by atoms with Gasteiger partial charge in [0.1, 0.15) is 5.00 Å². The summed E-state index contributed by atoms with van der Waals surface area (Å²) in [5, 5.41) is 3.42. The Morgan fingerprint density at radius 3 is 2.92 bits per heavy atom. The number of esters is 1. The van der Waals surface area contributed by atoms with E-state index in [1.54, 1.807) is 12.3 Å². The average molecular weight is 409 g/mol. The lowest BCUT2D eigenvalue weighted by Crippen LogP contribution is -2.16. The molecule has 2 aromatic rings. The van der Waals surface area contributed by atoms with Crippen LogP contribution in [0, 0.1) is 5.92 Å². The van der Waals surface area contributed by atoms with Gasteiger partial charge in [-0.3, -0.25) is 9.78 Å². The van der Waals surface area contributed by atoms with Gasteiger partial charge in [0.15, 0.2) is 0 Å². The molecule has 2 aromatic heterocycles.